The number of phenols is 2. The molecule has 2 aromatic carbocycles. The Hall–Kier alpha value is -2.49. The quantitative estimate of drug-likeness (QED) is 0.687. The molecule has 122 valence electrons. The van der Waals surface area contributed by atoms with E-state index in [1.165, 1.54) is 12.1 Å². The van der Waals surface area contributed by atoms with Crippen LogP contribution in [0.5, 0.6) is 11.5 Å². The van der Waals surface area contributed by atoms with Crippen molar-refractivity contribution in [2.24, 2.45) is 0 Å². The molecule has 0 aliphatic rings. The Kier molecular flexibility index (Phi) is 6.03. The summed E-state index contributed by atoms with van der Waals surface area (Å²) >= 11 is 0. The van der Waals surface area contributed by atoms with E-state index in [-0.39, 0.29) is 23.3 Å². The van der Waals surface area contributed by atoms with Crippen LogP contribution in [-0.2, 0) is 11.2 Å². The minimum atomic E-state index is -0.137. The van der Waals surface area contributed by atoms with Crippen molar-refractivity contribution in [1.29, 1.82) is 0 Å². The number of rotatable bonds is 7. The number of carbonyl (C=O) groups excluding carboxylic acids is 1. The van der Waals surface area contributed by atoms with E-state index in [9.17, 15) is 15.0 Å². The van der Waals surface area contributed by atoms with Gasteiger partial charge in [-0.05, 0) is 36.1 Å². The van der Waals surface area contributed by atoms with Crippen LogP contribution in [0.15, 0.2) is 48.5 Å². The van der Waals surface area contributed by atoms with E-state index in [1.807, 2.05) is 30.3 Å². The highest BCUT2D eigenvalue weighted by atomic mass is 16.3. The fourth-order valence-corrected chi connectivity index (χ4v) is 2.60. The van der Waals surface area contributed by atoms with Crippen molar-refractivity contribution in [1.82, 2.24) is 5.32 Å². The Morgan fingerprint density at radius 2 is 1.83 bits per heavy atom. The lowest BCUT2D eigenvalue weighted by Gasteiger charge is -2.16. The molecule has 1 amide bonds. The third-order valence-electron chi connectivity index (χ3n) is 3.85. The van der Waals surface area contributed by atoms with Crippen LogP contribution in [0.3, 0.4) is 0 Å². The number of benzene rings is 2. The second-order valence-corrected chi connectivity index (χ2v) is 5.62. The van der Waals surface area contributed by atoms with E-state index in [2.05, 4.69) is 12.2 Å². The Bertz CT molecular complexity index is 640. The van der Waals surface area contributed by atoms with Gasteiger partial charge in [0.1, 0.15) is 0 Å². The Morgan fingerprint density at radius 1 is 1.09 bits per heavy atom. The fourth-order valence-electron chi connectivity index (χ4n) is 2.60. The lowest BCUT2D eigenvalue weighted by atomic mass is 9.93. The normalized spacial score (nSPS) is 11.9. The summed E-state index contributed by atoms with van der Waals surface area (Å²) < 4.78 is 0. The maximum Gasteiger partial charge on any atom is 0.227 e. The predicted octanol–water partition coefficient (Wildman–Crippen LogP) is 3.34. The largest absolute Gasteiger partial charge is 0.504 e. The zero-order valence-corrected chi connectivity index (χ0v) is 13.3. The topological polar surface area (TPSA) is 69.6 Å². The molecule has 4 heteroatoms. The molecule has 2 rings (SSSR count). The van der Waals surface area contributed by atoms with Crippen LogP contribution < -0.4 is 5.32 Å². The molecule has 4 nitrogen and oxygen atoms in total. The summed E-state index contributed by atoms with van der Waals surface area (Å²) in [4.78, 5) is 12.4. The van der Waals surface area contributed by atoms with Crippen molar-refractivity contribution >= 4 is 5.91 Å². The van der Waals surface area contributed by atoms with Gasteiger partial charge in [0, 0.05) is 6.54 Å². The van der Waals surface area contributed by atoms with Gasteiger partial charge in [0.2, 0.25) is 5.91 Å². The summed E-state index contributed by atoms with van der Waals surface area (Å²) in [5, 5.41) is 21.7. The van der Waals surface area contributed by atoms with Crippen molar-refractivity contribution in [3.63, 3.8) is 0 Å². The lowest BCUT2D eigenvalue weighted by Crippen LogP contribution is -2.31. The van der Waals surface area contributed by atoms with Gasteiger partial charge in [-0.2, -0.15) is 0 Å². The van der Waals surface area contributed by atoms with Crippen molar-refractivity contribution in [2.45, 2.75) is 32.1 Å². The Morgan fingerprint density at radius 3 is 2.48 bits per heavy atom. The van der Waals surface area contributed by atoms with Crippen LogP contribution >= 0.6 is 0 Å². The van der Waals surface area contributed by atoms with Gasteiger partial charge < -0.3 is 15.5 Å². The molecule has 0 bridgehead atoms. The minimum Gasteiger partial charge on any atom is -0.504 e. The Balaban J connectivity index is 1.92. The standard InChI is InChI=1S/C19H23NO3/c1-2-6-16(15-7-4-3-5-8-15)19(23)20-12-11-14-9-10-17(21)18(22)13-14/h3-5,7-10,13,16,21-22H,2,6,11-12H2,1H3,(H,20,23). The number of aromatic hydroxyl groups is 2. The van der Waals surface area contributed by atoms with Gasteiger partial charge in [0.25, 0.3) is 0 Å². The second kappa shape index (κ2) is 8.22. The predicted molar refractivity (Wildman–Crippen MR) is 90.6 cm³/mol. The van der Waals surface area contributed by atoms with Gasteiger partial charge in [-0.3, -0.25) is 4.79 Å². The number of nitrogens with one attached hydrogen (secondary N) is 1. The van der Waals surface area contributed by atoms with Crippen LogP contribution in [-0.4, -0.2) is 22.7 Å². The number of phenolic OH excluding ortho intramolecular Hbond substituents is 2. The van der Waals surface area contributed by atoms with Crippen molar-refractivity contribution in [2.75, 3.05) is 6.54 Å². The zero-order valence-electron chi connectivity index (χ0n) is 13.3. The number of hydrogen-bond acceptors (Lipinski definition) is 3. The van der Waals surface area contributed by atoms with Crippen molar-refractivity contribution in [3.05, 3.63) is 59.7 Å². The van der Waals surface area contributed by atoms with E-state index < -0.39 is 0 Å². The molecule has 0 aliphatic heterocycles. The summed E-state index contributed by atoms with van der Waals surface area (Å²) in [7, 11) is 0. The summed E-state index contributed by atoms with van der Waals surface area (Å²) in [6.45, 7) is 2.57. The first-order valence-electron chi connectivity index (χ1n) is 7.95. The number of amides is 1. The molecule has 0 spiro atoms. The van der Waals surface area contributed by atoms with E-state index in [1.54, 1.807) is 6.07 Å². The maximum absolute atomic E-state index is 12.4. The van der Waals surface area contributed by atoms with Crippen LogP contribution in [0.25, 0.3) is 0 Å². The first kappa shape index (κ1) is 16.9. The van der Waals surface area contributed by atoms with Crippen LogP contribution in [0, 0.1) is 0 Å². The molecule has 0 saturated carbocycles. The Labute approximate surface area is 136 Å². The highest BCUT2D eigenvalue weighted by molar-refractivity contribution is 5.83. The molecule has 0 radical (unpaired) electrons. The first-order valence-corrected chi connectivity index (χ1v) is 7.95. The monoisotopic (exact) mass is 313 g/mol. The first-order chi connectivity index (χ1) is 11.1. The molecule has 0 aliphatic carbocycles. The van der Waals surface area contributed by atoms with Crippen molar-refractivity contribution < 1.29 is 15.0 Å². The molecule has 0 fully saturated rings. The van der Waals surface area contributed by atoms with E-state index in [0.717, 1.165) is 24.0 Å². The van der Waals surface area contributed by atoms with Gasteiger partial charge in [0.05, 0.1) is 5.92 Å². The number of carbonyl (C=O) groups is 1. The highest BCUT2D eigenvalue weighted by Gasteiger charge is 2.18. The average Bonchev–Trinajstić information content (AvgIpc) is 2.56. The molecular formula is C19H23NO3. The molecule has 1 unspecified atom stereocenters. The average molecular weight is 313 g/mol. The van der Waals surface area contributed by atoms with E-state index in [4.69, 9.17) is 0 Å². The van der Waals surface area contributed by atoms with Crippen LogP contribution in [0.1, 0.15) is 36.8 Å². The summed E-state index contributed by atoms with van der Waals surface area (Å²) in [6, 6.07) is 14.5. The molecular weight excluding hydrogens is 290 g/mol. The summed E-state index contributed by atoms with van der Waals surface area (Å²) in [5.41, 5.74) is 1.90. The molecule has 0 saturated heterocycles. The molecule has 0 aromatic heterocycles. The van der Waals surface area contributed by atoms with Crippen molar-refractivity contribution in [3.8, 4) is 11.5 Å². The van der Waals surface area contributed by atoms with Gasteiger partial charge in [-0.25, -0.2) is 0 Å². The molecule has 1 atom stereocenters. The highest BCUT2D eigenvalue weighted by Crippen LogP contribution is 2.25. The van der Waals surface area contributed by atoms with Crippen LogP contribution in [0.4, 0.5) is 0 Å². The number of hydrogen-bond donors (Lipinski definition) is 3. The zero-order chi connectivity index (χ0) is 16.7. The van der Waals surface area contributed by atoms with Gasteiger partial charge >= 0.3 is 0 Å². The summed E-state index contributed by atoms with van der Waals surface area (Å²) in [6.07, 6.45) is 2.36. The van der Waals surface area contributed by atoms with Gasteiger partial charge in [0.15, 0.2) is 11.5 Å². The third-order valence-corrected chi connectivity index (χ3v) is 3.85. The second-order valence-electron chi connectivity index (χ2n) is 5.62. The molecule has 23 heavy (non-hydrogen) atoms. The molecule has 2 aromatic rings. The SMILES string of the molecule is CCCC(C(=O)NCCc1ccc(O)c(O)c1)c1ccccc1. The van der Waals surface area contributed by atoms with Gasteiger partial charge in [-0.1, -0.05) is 49.7 Å². The maximum atomic E-state index is 12.4. The lowest BCUT2D eigenvalue weighted by molar-refractivity contribution is -0.122. The van der Waals surface area contributed by atoms with E-state index in [0.29, 0.717) is 13.0 Å². The van der Waals surface area contributed by atoms with E-state index >= 15 is 0 Å². The minimum absolute atomic E-state index is 0.0288. The third kappa shape index (κ3) is 4.74. The fraction of sp³-hybridized carbons (Fsp3) is 0.316. The smallest absolute Gasteiger partial charge is 0.227 e. The molecule has 3 N–H and O–H groups in total. The van der Waals surface area contributed by atoms with Gasteiger partial charge in [-0.15, -0.1) is 0 Å². The molecule has 0 heterocycles. The summed E-state index contributed by atoms with van der Waals surface area (Å²) in [5.74, 6) is -0.373. The van der Waals surface area contributed by atoms with Crippen LogP contribution in [0.2, 0.25) is 0 Å².